The topological polar surface area (TPSA) is 134 Å². The Hall–Kier alpha value is -2.77. The Morgan fingerprint density at radius 1 is 1.10 bits per heavy atom. The monoisotopic (exact) mass is 448 g/mol. The highest BCUT2D eigenvalue weighted by molar-refractivity contribution is 7.89. The molecule has 150 valence electrons. The van der Waals surface area contributed by atoms with Crippen LogP contribution < -0.4 is 21.1 Å². The van der Waals surface area contributed by atoms with Crippen molar-refractivity contribution in [2.75, 3.05) is 10.2 Å². The third-order valence-electron chi connectivity index (χ3n) is 4.12. The first kappa shape index (κ1) is 19.5. The Labute approximate surface area is 174 Å². The molecule has 4 rings (SSSR count). The predicted octanol–water partition coefficient (Wildman–Crippen LogP) is 2.35. The van der Waals surface area contributed by atoms with Crippen molar-refractivity contribution < 1.29 is 13.2 Å². The molecular weight excluding hydrogens is 432 g/mol. The third-order valence-corrected chi connectivity index (χ3v) is 6.70. The van der Waals surface area contributed by atoms with Crippen LogP contribution in [0.1, 0.15) is 9.67 Å². The summed E-state index contributed by atoms with van der Waals surface area (Å²) in [6.45, 7) is 0. The summed E-state index contributed by atoms with van der Waals surface area (Å²) < 4.78 is 24.5. The van der Waals surface area contributed by atoms with Crippen LogP contribution in [0, 0.1) is 0 Å². The van der Waals surface area contributed by atoms with Gasteiger partial charge >= 0.3 is 0 Å². The number of carbonyl (C=O) groups is 1. The molecule has 0 saturated carbocycles. The van der Waals surface area contributed by atoms with E-state index in [2.05, 4.69) is 10.4 Å². The number of carbonyl (C=O) groups excluding carboxylic acids is 1. The number of hydrogen-bond acceptors (Lipinski definition) is 9. The molecule has 0 bridgehead atoms. The van der Waals surface area contributed by atoms with Crippen LogP contribution in [0.5, 0.6) is 0 Å². The molecule has 9 nitrogen and oxygen atoms in total. The Balaban J connectivity index is 1.75. The van der Waals surface area contributed by atoms with E-state index < -0.39 is 16.3 Å². The number of hydrazone groups is 1. The first-order chi connectivity index (χ1) is 13.9. The summed E-state index contributed by atoms with van der Waals surface area (Å²) in [7, 11) is -4.07. The first-order valence-electron chi connectivity index (χ1n) is 8.27. The van der Waals surface area contributed by atoms with E-state index in [1.807, 2.05) is 17.5 Å². The molecule has 1 amide bonds. The molecule has 1 aromatic carbocycles. The molecule has 12 heteroatoms. The normalized spacial score (nSPS) is 16.4. The van der Waals surface area contributed by atoms with Gasteiger partial charge in [-0.3, -0.25) is 15.4 Å². The van der Waals surface area contributed by atoms with Gasteiger partial charge < -0.3 is 5.32 Å². The Bertz CT molecular complexity index is 1160. The summed E-state index contributed by atoms with van der Waals surface area (Å²) in [5.41, 5.74) is 6.94. The quantitative estimate of drug-likeness (QED) is 0.548. The van der Waals surface area contributed by atoms with E-state index in [9.17, 15) is 13.2 Å². The SMILES string of the molecule is NC1N(C(=O)c2cccs2)N=CN1c1c(Nc2cccs2)cccc1S(N)(=O)=O. The van der Waals surface area contributed by atoms with E-state index in [0.717, 1.165) is 10.0 Å². The molecule has 0 fully saturated rings. The van der Waals surface area contributed by atoms with Gasteiger partial charge in [-0.1, -0.05) is 12.1 Å². The van der Waals surface area contributed by atoms with Gasteiger partial charge in [0.05, 0.1) is 21.3 Å². The third kappa shape index (κ3) is 3.75. The fourth-order valence-corrected chi connectivity index (χ4v) is 4.88. The van der Waals surface area contributed by atoms with Gasteiger partial charge in [0, 0.05) is 0 Å². The Morgan fingerprint density at radius 3 is 2.52 bits per heavy atom. The lowest BCUT2D eigenvalue weighted by Crippen LogP contribution is -2.49. The summed E-state index contributed by atoms with van der Waals surface area (Å²) in [6.07, 6.45) is 0.274. The Kier molecular flexibility index (Phi) is 5.10. The van der Waals surface area contributed by atoms with E-state index >= 15 is 0 Å². The number of nitrogens with two attached hydrogens (primary N) is 2. The van der Waals surface area contributed by atoms with Crippen molar-refractivity contribution in [1.82, 2.24) is 5.01 Å². The van der Waals surface area contributed by atoms with E-state index in [4.69, 9.17) is 10.9 Å². The van der Waals surface area contributed by atoms with E-state index in [0.29, 0.717) is 10.6 Å². The molecule has 2 aromatic heterocycles. The van der Waals surface area contributed by atoms with Crippen LogP contribution in [0.15, 0.2) is 63.2 Å². The molecule has 1 atom stereocenters. The second kappa shape index (κ2) is 7.57. The number of benzene rings is 1. The predicted molar refractivity (Wildman–Crippen MR) is 115 cm³/mol. The van der Waals surface area contributed by atoms with E-state index in [1.54, 1.807) is 29.6 Å². The number of rotatable bonds is 5. The van der Waals surface area contributed by atoms with Gasteiger partial charge in [-0.05, 0) is 41.1 Å². The largest absolute Gasteiger partial charge is 0.346 e. The molecule has 3 aromatic rings. The molecule has 0 aliphatic carbocycles. The molecule has 0 saturated heterocycles. The number of primary sulfonamides is 1. The van der Waals surface area contributed by atoms with Crippen molar-refractivity contribution in [2.24, 2.45) is 16.0 Å². The van der Waals surface area contributed by atoms with Crippen molar-refractivity contribution in [1.29, 1.82) is 0 Å². The second-order valence-corrected chi connectivity index (χ2v) is 9.40. The van der Waals surface area contributed by atoms with Gasteiger partial charge in [0.15, 0.2) is 6.29 Å². The lowest BCUT2D eigenvalue weighted by Gasteiger charge is -2.28. The zero-order valence-electron chi connectivity index (χ0n) is 14.8. The molecule has 5 N–H and O–H groups in total. The number of anilines is 3. The van der Waals surface area contributed by atoms with Crippen LogP contribution in [0.2, 0.25) is 0 Å². The minimum Gasteiger partial charge on any atom is -0.346 e. The average molecular weight is 449 g/mol. The maximum absolute atomic E-state index is 12.7. The standard InChI is InChI=1S/C17H16N6O3S3/c18-17-22(10-20-23(17)16(24)12-5-2-8-27-12)15-11(21-14-7-3-9-28-14)4-1-6-13(15)29(19,25)26/h1-10,17,21H,18H2,(H2,19,25,26). The maximum atomic E-state index is 12.7. The zero-order valence-corrected chi connectivity index (χ0v) is 17.2. The number of amides is 1. The van der Waals surface area contributed by atoms with Crippen LogP contribution in [0.4, 0.5) is 16.4 Å². The molecule has 1 aliphatic rings. The van der Waals surface area contributed by atoms with Crippen LogP contribution in [-0.2, 0) is 10.0 Å². The highest BCUT2D eigenvalue weighted by atomic mass is 32.2. The highest BCUT2D eigenvalue weighted by Gasteiger charge is 2.35. The van der Waals surface area contributed by atoms with Crippen LogP contribution in [0.3, 0.4) is 0 Å². The lowest BCUT2D eigenvalue weighted by molar-refractivity contribution is 0.0722. The van der Waals surface area contributed by atoms with Crippen LogP contribution in [0.25, 0.3) is 0 Å². The van der Waals surface area contributed by atoms with Crippen molar-refractivity contribution in [2.45, 2.75) is 11.2 Å². The molecule has 1 aliphatic heterocycles. The van der Waals surface area contributed by atoms with E-state index in [-0.39, 0.29) is 16.5 Å². The smallest absolute Gasteiger partial charge is 0.287 e. The summed E-state index contributed by atoms with van der Waals surface area (Å²) in [5.74, 6) is -0.382. The zero-order chi connectivity index (χ0) is 20.6. The number of thiophene rings is 2. The second-order valence-electron chi connectivity index (χ2n) is 5.98. The summed E-state index contributed by atoms with van der Waals surface area (Å²) >= 11 is 2.71. The first-order valence-corrected chi connectivity index (χ1v) is 11.6. The summed E-state index contributed by atoms with van der Waals surface area (Å²) in [4.78, 5) is 14.4. The van der Waals surface area contributed by atoms with Gasteiger partial charge in [0.2, 0.25) is 10.0 Å². The number of para-hydroxylation sites is 1. The van der Waals surface area contributed by atoms with Crippen molar-refractivity contribution in [3.8, 4) is 0 Å². The van der Waals surface area contributed by atoms with Crippen molar-refractivity contribution in [3.63, 3.8) is 0 Å². The molecule has 29 heavy (non-hydrogen) atoms. The van der Waals surface area contributed by atoms with Gasteiger partial charge in [-0.15, -0.1) is 22.7 Å². The summed E-state index contributed by atoms with van der Waals surface area (Å²) in [6, 6.07) is 11.8. The molecule has 1 unspecified atom stereocenters. The van der Waals surface area contributed by atoms with Gasteiger partial charge in [0.25, 0.3) is 5.91 Å². The number of nitrogens with one attached hydrogen (secondary N) is 1. The highest BCUT2D eigenvalue weighted by Crippen LogP contribution is 2.37. The molecule has 0 spiro atoms. The molecular formula is C17H16N6O3S3. The maximum Gasteiger partial charge on any atom is 0.287 e. The van der Waals surface area contributed by atoms with Crippen molar-refractivity contribution >= 4 is 61.3 Å². The number of nitrogens with zero attached hydrogens (tertiary/aromatic N) is 3. The van der Waals surface area contributed by atoms with Crippen molar-refractivity contribution in [3.05, 3.63) is 58.1 Å². The lowest BCUT2D eigenvalue weighted by atomic mass is 10.2. The van der Waals surface area contributed by atoms with Gasteiger partial charge in [-0.2, -0.15) is 10.1 Å². The summed E-state index contributed by atoms with van der Waals surface area (Å²) in [5, 5.41) is 18.3. The average Bonchev–Trinajstić information content (AvgIpc) is 3.43. The fraction of sp³-hybridized carbons (Fsp3) is 0.0588. The molecule has 3 heterocycles. The Morgan fingerprint density at radius 2 is 1.86 bits per heavy atom. The van der Waals surface area contributed by atoms with Crippen LogP contribution in [-0.4, -0.2) is 32.0 Å². The van der Waals surface area contributed by atoms with E-state index in [1.165, 1.54) is 40.0 Å². The fourth-order valence-electron chi connectivity index (χ4n) is 2.84. The minimum atomic E-state index is -4.07. The molecule has 0 radical (unpaired) electrons. The van der Waals surface area contributed by atoms with Gasteiger partial charge in [-0.25, -0.2) is 13.6 Å². The number of sulfonamides is 1. The van der Waals surface area contributed by atoms with Gasteiger partial charge in [0.1, 0.15) is 11.2 Å². The number of hydrogen-bond donors (Lipinski definition) is 3. The minimum absolute atomic E-state index is 0.133. The van der Waals surface area contributed by atoms with Crippen LogP contribution >= 0.6 is 22.7 Å².